The molecule has 0 aliphatic rings. The van der Waals surface area contributed by atoms with Gasteiger partial charge >= 0.3 is 5.97 Å². The highest BCUT2D eigenvalue weighted by atomic mass is 16.4. The molecule has 6 nitrogen and oxygen atoms in total. The van der Waals surface area contributed by atoms with E-state index in [1.165, 1.54) is 6.07 Å². The zero-order valence-electron chi connectivity index (χ0n) is 12.1. The normalized spacial score (nSPS) is 12.0. The zero-order chi connectivity index (χ0) is 15.2. The summed E-state index contributed by atoms with van der Waals surface area (Å²) < 4.78 is 0. The van der Waals surface area contributed by atoms with Crippen LogP contribution in [0.3, 0.4) is 0 Å². The number of nitrogens with zero attached hydrogens (tertiary/aromatic N) is 2. The molecule has 0 radical (unpaired) electrons. The molecule has 0 saturated carbocycles. The lowest BCUT2D eigenvalue weighted by Gasteiger charge is -2.13. The van der Waals surface area contributed by atoms with Gasteiger partial charge in [-0.1, -0.05) is 26.8 Å². The van der Waals surface area contributed by atoms with E-state index in [1.807, 2.05) is 18.2 Å². The Hall–Kier alpha value is -2.63. The maximum absolute atomic E-state index is 10.9. The van der Waals surface area contributed by atoms with Gasteiger partial charge in [0.2, 0.25) is 0 Å². The average Bonchev–Trinajstić information content (AvgIpc) is 3.04. The van der Waals surface area contributed by atoms with Crippen LogP contribution in [0.4, 0.5) is 0 Å². The number of imidazole rings is 1. The van der Waals surface area contributed by atoms with E-state index in [0.717, 1.165) is 22.4 Å². The molecule has 0 fully saturated rings. The van der Waals surface area contributed by atoms with Crippen LogP contribution in [0.1, 0.15) is 37.1 Å². The number of aromatic carboxylic acids is 1. The van der Waals surface area contributed by atoms with Gasteiger partial charge in [0.1, 0.15) is 11.5 Å². The average molecular weight is 284 g/mol. The summed E-state index contributed by atoms with van der Waals surface area (Å²) in [6.07, 6.45) is 0. The molecule has 0 bridgehead atoms. The van der Waals surface area contributed by atoms with E-state index in [-0.39, 0.29) is 11.1 Å². The summed E-state index contributed by atoms with van der Waals surface area (Å²) in [7, 11) is 0. The molecule has 2 heterocycles. The van der Waals surface area contributed by atoms with E-state index in [0.29, 0.717) is 5.69 Å². The van der Waals surface area contributed by atoms with Crippen molar-refractivity contribution < 1.29 is 9.90 Å². The van der Waals surface area contributed by atoms with Crippen LogP contribution in [-0.2, 0) is 5.41 Å². The van der Waals surface area contributed by atoms with Gasteiger partial charge in [-0.15, -0.1) is 0 Å². The van der Waals surface area contributed by atoms with E-state index in [9.17, 15) is 4.79 Å². The van der Waals surface area contributed by atoms with Crippen molar-refractivity contribution in [3.05, 3.63) is 35.8 Å². The molecule has 0 unspecified atom stereocenters. The molecule has 0 saturated heterocycles. The van der Waals surface area contributed by atoms with Gasteiger partial charge in [-0.05, 0) is 18.2 Å². The number of nitrogens with one attached hydrogen (secondary N) is 2. The molecule has 21 heavy (non-hydrogen) atoms. The van der Waals surface area contributed by atoms with Crippen molar-refractivity contribution in [2.45, 2.75) is 26.2 Å². The van der Waals surface area contributed by atoms with E-state index in [4.69, 9.17) is 5.11 Å². The van der Waals surface area contributed by atoms with E-state index in [2.05, 4.69) is 40.9 Å². The molecule has 0 amide bonds. The van der Waals surface area contributed by atoms with Crippen molar-refractivity contribution in [1.29, 1.82) is 0 Å². The predicted octanol–water partition coefficient (Wildman–Crippen LogP) is 2.95. The molecule has 2 aromatic heterocycles. The number of carboxylic acids is 1. The predicted molar refractivity (Wildman–Crippen MR) is 79.3 cm³/mol. The summed E-state index contributed by atoms with van der Waals surface area (Å²) in [6, 6.07) is 7.24. The van der Waals surface area contributed by atoms with Crippen molar-refractivity contribution in [3.63, 3.8) is 0 Å². The van der Waals surface area contributed by atoms with E-state index >= 15 is 0 Å². The Morgan fingerprint density at radius 3 is 2.62 bits per heavy atom. The summed E-state index contributed by atoms with van der Waals surface area (Å²) >= 11 is 0. The molecular weight excluding hydrogens is 268 g/mol. The monoisotopic (exact) mass is 284 g/mol. The second-order valence-electron chi connectivity index (χ2n) is 6.04. The molecule has 0 aliphatic carbocycles. The van der Waals surface area contributed by atoms with Gasteiger partial charge in [-0.3, -0.25) is 5.10 Å². The smallest absolute Gasteiger partial charge is 0.353 e. The zero-order valence-corrected chi connectivity index (χ0v) is 12.1. The third kappa shape index (κ3) is 2.40. The SMILES string of the molecule is CC(C)(C)c1nc2ccc(-c3cc(C(=O)O)[nH]n3)cc2[nH]1. The topological polar surface area (TPSA) is 94.7 Å². The molecule has 1 aromatic carbocycles. The van der Waals surface area contributed by atoms with Crippen LogP contribution >= 0.6 is 0 Å². The molecule has 3 rings (SSSR count). The minimum absolute atomic E-state index is 0.0536. The summed E-state index contributed by atoms with van der Waals surface area (Å²) in [5.74, 6) is -0.103. The first-order valence-corrected chi connectivity index (χ1v) is 6.64. The number of carboxylic acid groups (broad SMARTS) is 1. The Kier molecular flexibility index (Phi) is 2.83. The second kappa shape index (κ2) is 4.44. The first-order chi connectivity index (χ1) is 9.84. The Morgan fingerprint density at radius 1 is 1.24 bits per heavy atom. The molecule has 0 atom stereocenters. The van der Waals surface area contributed by atoms with Crippen LogP contribution in [0.15, 0.2) is 24.3 Å². The first-order valence-electron chi connectivity index (χ1n) is 6.64. The number of hydrogen-bond donors (Lipinski definition) is 3. The van der Waals surface area contributed by atoms with Crippen molar-refractivity contribution in [2.24, 2.45) is 0 Å². The molecule has 3 aromatic rings. The minimum atomic E-state index is -1.02. The van der Waals surface area contributed by atoms with Crippen LogP contribution in [0.2, 0.25) is 0 Å². The van der Waals surface area contributed by atoms with Gasteiger partial charge in [0, 0.05) is 11.0 Å². The fourth-order valence-corrected chi connectivity index (χ4v) is 2.10. The van der Waals surface area contributed by atoms with Gasteiger partial charge < -0.3 is 10.1 Å². The number of H-pyrrole nitrogens is 2. The quantitative estimate of drug-likeness (QED) is 0.674. The summed E-state index contributed by atoms with van der Waals surface area (Å²) in [5.41, 5.74) is 3.26. The molecule has 0 aliphatic heterocycles. The standard InChI is InChI=1S/C15H16N4O2/c1-15(2,3)14-16-9-5-4-8(6-11(9)17-14)10-7-12(13(20)21)19-18-10/h4-7H,1-3H3,(H,16,17)(H,18,19)(H,20,21). The minimum Gasteiger partial charge on any atom is -0.477 e. The Bertz CT molecular complexity index is 824. The van der Waals surface area contributed by atoms with Crippen molar-refractivity contribution in [1.82, 2.24) is 20.2 Å². The number of aromatic nitrogens is 4. The van der Waals surface area contributed by atoms with Crippen LogP contribution < -0.4 is 0 Å². The fraction of sp³-hybridized carbons (Fsp3) is 0.267. The Balaban J connectivity index is 2.05. The summed E-state index contributed by atoms with van der Waals surface area (Å²) in [6.45, 7) is 6.29. The number of fused-ring (bicyclic) bond motifs is 1. The molecule has 0 spiro atoms. The van der Waals surface area contributed by atoms with Crippen LogP contribution in [0.25, 0.3) is 22.3 Å². The van der Waals surface area contributed by atoms with Crippen LogP contribution in [-0.4, -0.2) is 31.2 Å². The first kappa shape index (κ1) is 13.4. The largest absolute Gasteiger partial charge is 0.477 e. The number of rotatable bonds is 2. The van der Waals surface area contributed by atoms with Crippen molar-refractivity contribution in [2.75, 3.05) is 0 Å². The third-order valence-electron chi connectivity index (χ3n) is 3.30. The molecule has 108 valence electrons. The van der Waals surface area contributed by atoms with E-state index < -0.39 is 5.97 Å². The van der Waals surface area contributed by atoms with Crippen molar-refractivity contribution >= 4 is 17.0 Å². The highest BCUT2D eigenvalue weighted by Gasteiger charge is 2.18. The summed E-state index contributed by atoms with van der Waals surface area (Å²) in [4.78, 5) is 18.8. The third-order valence-corrected chi connectivity index (χ3v) is 3.30. The van der Waals surface area contributed by atoms with Gasteiger partial charge in [-0.2, -0.15) is 5.10 Å². The maximum Gasteiger partial charge on any atom is 0.353 e. The van der Waals surface area contributed by atoms with Crippen LogP contribution in [0, 0.1) is 0 Å². The molecule has 6 heteroatoms. The highest BCUT2D eigenvalue weighted by Crippen LogP contribution is 2.26. The lowest BCUT2D eigenvalue weighted by Crippen LogP contribution is -2.12. The Morgan fingerprint density at radius 2 is 2.00 bits per heavy atom. The highest BCUT2D eigenvalue weighted by molar-refractivity contribution is 5.88. The lowest BCUT2D eigenvalue weighted by molar-refractivity contribution is 0.0690. The number of carbonyl (C=O) groups is 1. The van der Waals surface area contributed by atoms with Gasteiger partial charge in [0.05, 0.1) is 16.7 Å². The van der Waals surface area contributed by atoms with Gasteiger partial charge in [-0.25, -0.2) is 9.78 Å². The fourth-order valence-electron chi connectivity index (χ4n) is 2.10. The molecule has 3 N–H and O–H groups in total. The Labute approximate surface area is 121 Å². The maximum atomic E-state index is 10.9. The van der Waals surface area contributed by atoms with E-state index in [1.54, 1.807) is 0 Å². The number of aromatic amines is 2. The molecular formula is C15H16N4O2. The lowest BCUT2D eigenvalue weighted by atomic mass is 9.96. The van der Waals surface area contributed by atoms with Gasteiger partial charge in [0.15, 0.2) is 0 Å². The number of hydrogen-bond acceptors (Lipinski definition) is 3. The van der Waals surface area contributed by atoms with Crippen molar-refractivity contribution in [3.8, 4) is 11.3 Å². The summed E-state index contributed by atoms with van der Waals surface area (Å²) in [5, 5.41) is 15.5. The van der Waals surface area contributed by atoms with Gasteiger partial charge in [0.25, 0.3) is 0 Å². The number of benzene rings is 1. The second-order valence-corrected chi connectivity index (χ2v) is 6.04. The van der Waals surface area contributed by atoms with Crippen LogP contribution in [0.5, 0.6) is 0 Å².